The SMILES string of the molecule is Cc1ccccc1C(C)NCCCN(C)C. The summed E-state index contributed by atoms with van der Waals surface area (Å²) in [5.41, 5.74) is 2.78. The Morgan fingerprint density at radius 1 is 1.25 bits per heavy atom. The van der Waals surface area contributed by atoms with Gasteiger partial charge in [-0.3, -0.25) is 0 Å². The minimum atomic E-state index is 0.448. The molecule has 0 saturated heterocycles. The van der Waals surface area contributed by atoms with Gasteiger partial charge in [0, 0.05) is 6.04 Å². The smallest absolute Gasteiger partial charge is 0.0294 e. The van der Waals surface area contributed by atoms with Gasteiger partial charge in [-0.05, 0) is 58.6 Å². The van der Waals surface area contributed by atoms with E-state index in [-0.39, 0.29) is 0 Å². The van der Waals surface area contributed by atoms with Crippen molar-refractivity contribution in [3.8, 4) is 0 Å². The van der Waals surface area contributed by atoms with Gasteiger partial charge in [0.1, 0.15) is 0 Å². The molecule has 1 aromatic rings. The Morgan fingerprint density at radius 2 is 1.94 bits per heavy atom. The first-order valence-corrected chi connectivity index (χ1v) is 6.05. The molecule has 0 amide bonds. The van der Waals surface area contributed by atoms with Gasteiger partial charge < -0.3 is 10.2 Å². The fraction of sp³-hybridized carbons (Fsp3) is 0.571. The van der Waals surface area contributed by atoms with E-state index in [0.29, 0.717) is 6.04 Å². The van der Waals surface area contributed by atoms with E-state index in [1.165, 1.54) is 17.5 Å². The normalized spacial score (nSPS) is 13.1. The zero-order chi connectivity index (χ0) is 12.0. The third kappa shape index (κ3) is 4.33. The molecular formula is C14H24N2. The Kier molecular flexibility index (Phi) is 5.50. The summed E-state index contributed by atoms with van der Waals surface area (Å²) in [5, 5.41) is 3.57. The van der Waals surface area contributed by atoms with Crippen molar-refractivity contribution in [3.63, 3.8) is 0 Å². The Hall–Kier alpha value is -0.860. The number of hydrogen-bond donors (Lipinski definition) is 1. The topological polar surface area (TPSA) is 15.3 Å². The minimum absolute atomic E-state index is 0.448. The third-order valence-corrected chi connectivity index (χ3v) is 2.89. The summed E-state index contributed by atoms with van der Waals surface area (Å²) < 4.78 is 0. The van der Waals surface area contributed by atoms with Crippen LogP contribution in [0, 0.1) is 6.92 Å². The Bertz CT molecular complexity index is 307. The van der Waals surface area contributed by atoms with Gasteiger partial charge in [-0.2, -0.15) is 0 Å². The number of hydrogen-bond acceptors (Lipinski definition) is 2. The van der Waals surface area contributed by atoms with Crippen molar-refractivity contribution < 1.29 is 0 Å². The van der Waals surface area contributed by atoms with Crippen molar-refractivity contribution in [3.05, 3.63) is 35.4 Å². The quantitative estimate of drug-likeness (QED) is 0.741. The lowest BCUT2D eigenvalue weighted by atomic mass is 10.0. The highest BCUT2D eigenvalue weighted by atomic mass is 15.1. The predicted molar refractivity (Wildman–Crippen MR) is 70.8 cm³/mol. The first kappa shape index (κ1) is 13.2. The van der Waals surface area contributed by atoms with E-state index in [9.17, 15) is 0 Å². The summed E-state index contributed by atoms with van der Waals surface area (Å²) in [7, 11) is 4.23. The maximum atomic E-state index is 3.57. The number of rotatable bonds is 6. The van der Waals surface area contributed by atoms with Crippen LogP contribution in [-0.4, -0.2) is 32.1 Å². The Labute approximate surface area is 99.7 Å². The number of benzene rings is 1. The van der Waals surface area contributed by atoms with Crippen molar-refractivity contribution in [2.45, 2.75) is 26.3 Å². The average molecular weight is 220 g/mol. The number of nitrogens with zero attached hydrogens (tertiary/aromatic N) is 1. The van der Waals surface area contributed by atoms with Crippen LogP contribution in [0.3, 0.4) is 0 Å². The van der Waals surface area contributed by atoms with Gasteiger partial charge in [-0.25, -0.2) is 0 Å². The van der Waals surface area contributed by atoms with Gasteiger partial charge in [-0.15, -0.1) is 0 Å². The van der Waals surface area contributed by atoms with E-state index >= 15 is 0 Å². The molecule has 1 N–H and O–H groups in total. The average Bonchev–Trinajstić information content (AvgIpc) is 2.24. The monoisotopic (exact) mass is 220 g/mol. The van der Waals surface area contributed by atoms with Crippen LogP contribution in [-0.2, 0) is 0 Å². The molecule has 90 valence electrons. The van der Waals surface area contributed by atoms with Crippen LogP contribution in [0.25, 0.3) is 0 Å². The molecule has 0 saturated carbocycles. The number of nitrogens with one attached hydrogen (secondary N) is 1. The van der Waals surface area contributed by atoms with E-state index in [0.717, 1.165) is 13.1 Å². The van der Waals surface area contributed by atoms with Gasteiger partial charge in [0.25, 0.3) is 0 Å². The van der Waals surface area contributed by atoms with E-state index in [1.807, 2.05) is 0 Å². The van der Waals surface area contributed by atoms with Gasteiger partial charge in [0.2, 0.25) is 0 Å². The second kappa shape index (κ2) is 6.66. The molecule has 0 bridgehead atoms. The molecule has 0 aliphatic heterocycles. The fourth-order valence-corrected chi connectivity index (χ4v) is 1.90. The third-order valence-electron chi connectivity index (χ3n) is 2.89. The molecule has 16 heavy (non-hydrogen) atoms. The van der Waals surface area contributed by atoms with Crippen molar-refractivity contribution in [1.29, 1.82) is 0 Å². The van der Waals surface area contributed by atoms with Gasteiger partial charge >= 0.3 is 0 Å². The first-order chi connectivity index (χ1) is 7.61. The molecule has 1 rings (SSSR count). The summed E-state index contributed by atoms with van der Waals surface area (Å²) in [6.45, 7) is 6.63. The molecule has 0 fully saturated rings. The molecule has 0 radical (unpaired) electrons. The highest BCUT2D eigenvalue weighted by Crippen LogP contribution is 2.16. The predicted octanol–water partition coefficient (Wildman–Crippen LogP) is 2.60. The van der Waals surface area contributed by atoms with Crippen LogP contribution in [0.4, 0.5) is 0 Å². The lowest BCUT2D eigenvalue weighted by Gasteiger charge is -2.17. The first-order valence-electron chi connectivity index (χ1n) is 6.05. The molecule has 0 aliphatic rings. The lowest BCUT2D eigenvalue weighted by Crippen LogP contribution is -2.24. The van der Waals surface area contributed by atoms with Crippen molar-refractivity contribution in [2.75, 3.05) is 27.2 Å². The maximum Gasteiger partial charge on any atom is 0.0294 e. The van der Waals surface area contributed by atoms with Crippen LogP contribution < -0.4 is 5.32 Å². The van der Waals surface area contributed by atoms with Crippen molar-refractivity contribution in [2.24, 2.45) is 0 Å². The van der Waals surface area contributed by atoms with E-state index in [2.05, 4.69) is 62.4 Å². The summed E-state index contributed by atoms with van der Waals surface area (Å²) in [6, 6.07) is 9.04. The summed E-state index contributed by atoms with van der Waals surface area (Å²) in [6.07, 6.45) is 1.20. The highest BCUT2D eigenvalue weighted by molar-refractivity contribution is 5.28. The van der Waals surface area contributed by atoms with Crippen molar-refractivity contribution >= 4 is 0 Å². The standard InChI is InChI=1S/C14H24N2/c1-12-8-5-6-9-14(12)13(2)15-10-7-11-16(3)4/h5-6,8-9,13,15H,7,10-11H2,1-4H3. The molecule has 2 nitrogen and oxygen atoms in total. The molecule has 0 heterocycles. The van der Waals surface area contributed by atoms with Crippen LogP contribution in [0.1, 0.15) is 30.5 Å². The van der Waals surface area contributed by atoms with Crippen LogP contribution >= 0.6 is 0 Å². The maximum absolute atomic E-state index is 3.57. The molecule has 1 atom stereocenters. The minimum Gasteiger partial charge on any atom is -0.310 e. The summed E-state index contributed by atoms with van der Waals surface area (Å²) in [5.74, 6) is 0. The largest absolute Gasteiger partial charge is 0.310 e. The van der Waals surface area contributed by atoms with E-state index in [4.69, 9.17) is 0 Å². The van der Waals surface area contributed by atoms with E-state index < -0.39 is 0 Å². The second-order valence-corrected chi connectivity index (χ2v) is 4.69. The molecule has 1 unspecified atom stereocenters. The zero-order valence-corrected chi connectivity index (χ0v) is 11.0. The summed E-state index contributed by atoms with van der Waals surface area (Å²) in [4.78, 5) is 2.22. The molecule has 0 spiro atoms. The summed E-state index contributed by atoms with van der Waals surface area (Å²) >= 11 is 0. The lowest BCUT2D eigenvalue weighted by molar-refractivity contribution is 0.389. The zero-order valence-electron chi connectivity index (χ0n) is 11.0. The Balaban J connectivity index is 2.35. The van der Waals surface area contributed by atoms with Crippen molar-refractivity contribution in [1.82, 2.24) is 10.2 Å². The molecular weight excluding hydrogens is 196 g/mol. The molecule has 0 aliphatic carbocycles. The van der Waals surface area contributed by atoms with E-state index in [1.54, 1.807) is 0 Å². The van der Waals surface area contributed by atoms with Crippen LogP contribution in [0.2, 0.25) is 0 Å². The number of aryl methyl sites for hydroxylation is 1. The molecule has 2 heteroatoms. The van der Waals surface area contributed by atoms with Gasteiger partial charge in [0.05, 0.1) is 0 Å². The van der Waals surface area contributed by atoms with Crippen LogP contribution in [0.5, 0.6) is 0 Å². The second-order valence-electron chi connectivity index (χ2n) is 4.69. The highest BCUT2D eigenvalue weighted by Gasteiger charge is 2.06. The molecule has 0 aromatic heterocycles. The Morgan fingerprint density at radius 3 is 2.56 bits per heavy atom. The van der Waals surface area contributed by atoms with Crippen LogP contribution in [0.15, 0.2) is 24.3 Å². The van der Waals surface area contributed by atoms with Gasteiger partial charge in [-0.1, -0.05) is 24.3 Å². The fourth-order valence-electron chi connectivity index (χ4n) is 1.90. The van der Waals surface area contributed by atoms with Gasteiger partial charge in [0.15, 0.2) is 0 Å². The molecule has 1 aromatic carbocycles.